The van der Waals surface area contributed by atoms with E-state index in [9.17, 15) is 4.79 Å². The first kappa shape index (κ1) is 5.76. The zero-order valence-corrected chi connectivity index (χ0v) is 5.02. The quantitative estimate of drug-likeness (QED) is 0.499. The maximum absolute atomic E-state index is 10.7. The van der Waals surface area contributed by atoms with Crippen molar-refractivity contribution in [2.45, 2.75) is 13.3 Å². The van der Waals surface area contributed by atoms with Crippen LogP contribution in [0.1, 0.15) is 13.3 Å². The third kappa shape index (κ3) is 0.892. The van der Waals surface area contributed by atoms with Crippen molar-refractivity contribution in [1.29, 1.82) is 0 Å². The van der Waals surface area contributed by atoms with Gasteiger partial charge in [0, 0.05) is 5.92 Å². The average Bonchev–Trinajstić information content (AvgIpc) is 2.14. The van der Waals surface area contributed by atoms with Crippen LogP contribution in [-0.4, -0.2) is 19.0 Å². The fourth-order valence-electron chi connectivity index (χ4n) is 0.858. The van der Waals surface area contributed by atoms with Gasteiger partial charge in [0.2, 0.25) is 0 Å². The van der Waals surface area contributed by atoms with Crippen LogP contribution in [-0.2, 0) is 9.53 Å². The van der Waals surface area contributed by atoms with E-state index in [2.05, 4.69) is 0 Å². The van der Waals surface area contributed by atoms with Crippen LogP contribution >= 0.6 is 0 Å². The summed E-state index contributed by atoms with van der Waals surface area (Å²) in [7, 11) is 0. The van der Waals surface area contributed by atoms with Gasteiger partial charge in [0.25, 0.3) is 0 Å². The summed E-state index contributed by atoms with van der Waals surface area (Å²) in [6.07, 6.45) is 0.929. The molecule has 0 aromatic carbocycles. The smallest absolute Gasteiger partial charge is 0.163 e. The first-order valence-corrected chi connectivity index (χ1v) is 2.95. The molecule has 1 aliphatic rings. The van der Waals surface area contributed by atoms with Crippen LogP contribution < -0.4 is 0 Å². The molecule has 1 atom stereocenters. The topological polar surface area (TPSA) is 26.3 Å². The van der Waals surface area contributed by atoms with E-state index in [1.165, 1.54) is 0 Å². The standard InChI is InChI=1S/C6H10O2/c1-2-5-3-8-4-6(5)7/h5H,2-4H2,1H3. The van der Waals surface area contributed by atoms with E-state index in [1.54, 1.807) is 0 Å². The lowest BCUT2D eigenvalue weighted by atomic mass is 10.1. The highest BCUT2D eigenvalue weighted by molar-refractivity contribution is 5.83. The summed E-state index contributed by atoms with van der Waals surface area (Å²) >= 11 is 0. The maximum atomic E-state index is 10.7. The molecule has 0 spiro atoms. The van der Waals surface area contributed by atoms with Gasteiger partial charge in [-0.15, -0.1) is 0 Å². The van der Waals surface area contributed by atoms with Crippen molar-refractivity contribution in [1.82, 2.24) is 0 Å². The van der Waals surface area contributed by atoms with Gasteiger partial charge in [-0.25, -0.2) is 0 Å². The molecule has 1 fully saturated rings. The average molecular weight is 114 g/mol. The van der Waals surface area contributed by atoms with Crippen LogP contribution in [0.4, 0.5) is 0 Å². The fraction of sp³-hybridized carbons (Fsp3) is 0.833. The Balaban J connectivity index is 2.42. The van der Waals surface area contributed by atoms with Gasteiger partial charge in [0.05, 0.1) is 6.61 Å². The van der Waals surface area contributed by atoms with Crippen molar-refractivity contribution in [3.05, 3.63) is 0 Å². The Morgan fingerprint density at radius 2 is 2.62 bits per heavy atom. The highest BCUT2D eigenvalue weighted by Gasteiger charge is 2.22. The molecule has 1 saturated heterocycles. The van der Waals surface area contributed by atoms with E-state index < -0.39 is 0 Å². The van der Waals surface area contributed by atoms with Gasteiger partial charge in [0.1, 0.15) is 6.61 Å². The van der Waals surface area contributed by atoms with Crippen LogP contribution in [0.15, 0.2) is 0 Å². The number of hydrogen-bond acceptors (Lipinski definition) is 2. The lowest BCUT2D eigenvalue weighted by Gasteiger charge is -1.96. The predicted molar refractivity (Wildman–Crippen MR) is 29.6 cm³/mol. The van der Waals surface area contributed by atoms with Gasteiger partial charge in [-0.3, -0.25) is 4.79 Å². The molecule has 0 radical (unpaired) electrons. The van der Waals surface area contributed by atoms with Gasteiger partial charge in [-0.05, 0) is 6.42 Å². The molecule has 0 aromatic rings. The van der Waals surface area contributed by atoms with Crippen LogP contribution in [0, 0.1) is 5.92 Å². The second-order valence-corrected chi connectivity index (χ2v) is 2.09. The molecule has 8 heavy (non-hydrogen) atoms. The molecule has 0 bridgehead atoms. The molecular weight excluding hydrogens is 104 g/mol. The van der Waals surface area contributed by atoms with E-state index in [-0.39, 0.29) is 11.7 Å². The number of carbonyl (C=O) groups is 1. The number of ether oxygens (including phenoxy) is 1. The molecule has 46 valence electrons. The van der Waals surface area contributed by atoms with E-state index in [0.717, 1.165) is 6.42 Å². The first-order chi connectivity index (χ1) is 3.84. The summed E-state index contributed by atoms with van der Waals surface area (Å²) in [6, 6.07) is 0. The maximum Gasteiger partial charge on any atom is 0.163 e. The molecule has 1 heterocycles. The summed E-state index contributed by atoms with van der Waals surface area (Å²) < 4.78 is 4.91. The van der Waals surface area contributed by atoms with Crippen LogP contribution in [0.25, 0.3) is 0 Å². The number of rotatable bonds is 1. The number of ketones is 1. The minimum Gasteiger partial charge on any atom is -0.373 e. The van der Waals surface area contributed by atoms with Gasteiger partial charge in [-0.2, -0.15) is 0 Å². The van der Waals surface area contributed by atoms with Crippen molar-refractivity contribution in [3.63, 3.8) is 0 Å². The highest BCUT2D eigenvalue weighted by atomic mass is 16.5. The first-order valence-electron chi connectivity index (χ1n) is 2.95. The van der Waals surface area contributed by atoms with E-state index >= 15 is 0 Å². The molecule has 0 aliphatic carbocycles. The minimum absolute atomic E-state index is 0.204. The van der Waals surface area contributed by atoms with E-state index in [0.29, 0.717) is 13.2 Å². The molecule has 2 nitrogen and oxygen atoms in total. The number of Topliss-reactive ketones (excluding diaryl/α,β-unsaturated/α-hetero) is 1. The Hall–Kier alpha value is -0.370. The molecule has 1 rings (SSSR count). The molecule has 0 aromatic heterocycles. The van der Waals surface area contributed by atoms with Gasteiger partial charge in [-0.1, -0.05) is 6.92 Å². The van der Waals surface area contributed by atoms with Crippen LogP contribution in [0.3, 0.4) is 0 Å². The SMILES string of the molecule is CCC1COCC1=O. The summed E-state index contributed by atoms with van der Waals surface area (Å²) in [5.74, 6) is 0.475. The summed E-state index contributed by atoms with van der Waals surface area (Å²) in [6.45, 7) is 3.01. The third-order valence-electron chi connectivity index (χ3n) is 1.51. The summed E-state index contributed by atoms with van der Waals surface area (Å²) in [4.78, 5) is 10.7. The van der Waals surface area contributed by atoms with Crippen molar-refractivity contribution in [3.8, 4) is 0 Å². The Kier molecular flexibility index (Phi) is 1.63. The molecule has 2 heteroatoms. The van der Waals surface area contributed by atoms with Gasteiger partial charge in [0.15, 0.2) is 5.78 Å². The Morgan fingerprint density at radius 3 is 2.88 bits per heavy atom. The summed E-state index contributed by atoms with van der Waals surface area (Å²) in [5.41, 5.74) is 0. The largest absolute Gasteiger partial charge is 0.373 e. The Morgan fingerprint density at radius 1 is 1.88 bits per heavy atom. The lowest BCUT2D eigenvalue weighted by molar-refractivity contribution is -0.120. The summed E-state index contributed by atoms with van der Waals surface area (Å²) in [5, 5.41) is 0. The number of hydrogen-bond donors (Lipinski definition) is 0. The fourth-order valence-corrected chi connectivity index (χ4v) is 0.858. The molecule has 0 saturated carbocycles. The minimum atomic E-state index is 0.204. The third-order valence-corrected chi connectivity index (χ3v) is 1.51. The number of carbonyl (C=O) groups excluding carboxylic acids is 1. The van der Waals surface area contributed by atoms with E-state index in [4.69, 9.17) is 4.74 Å². The van der Waals surface area contributed by atoms with Crippen LogP contribution in [0.5, 0.6) is 0 Å². The molecule has 0 amide bonds. The normalized spacial score (nSPS) is 29.1. The zero-order valence-electron chi connectivity index (χ0n) is 5.02. The molecule has 1 unspecified atom stereocenters. The predicted octanol–water partition coefficient (Wildman–Crippen LogP) is 0.612. The van der Waals surface area contributed by atoms with Gasteiger partial charge >= 0.3 is 0 Å². The highest BCUT2D eigenvalue weighted by Crippen LogP contribution is 2.10. The molecular formula is C6H10O2. The molecule has 1 aliphatic heterocycles. The Labute approximate surface area is 48.8 Å². The zero-order chi connectivity index (χ0) is 5.98. The second kappa shape index (κ2) is 2.27. The van der Waals surface area contributed by atoms with Crippen LogP contribution in [0.2, 0.25) is 0 Å². The van der Waals surface area contributed by atoms with E-state index in [1.807, 2.05) is 6.92 Å². The lowest BCUT2D eigenvalue weighted by Crippen LogP contribution is -2.08. The van der Waals surface area contributed by atoms with Crippen molar-refractivity contribution >= 4 is 5.78 Å². The second-order valence-electron chi connectivity index (χ2n) is 2.09. The van der Waals surface area contributed by atoms with Crippen molar-refractivity contribution in [2.75, 3.05) is 13.2 Å². The van der Waals surface area contributed by atoms with Crippen molar-refractivity contribution in [2.24, 2.45) is 5.92 Å². The van der Waals surface area contributed by atoms with Gasteiger partial charge < -0.3 is 4.74 Å². The monoisotopic (exact) mass is 114 g/mol. The Bertz CT molecular complexity index is 98.7. The van der Waals surface area contributed by atoms with Crippen molar-refractivity contribution < 1.29 is 9.53 Å². The molecule has 0 N–H and O–H groups in total.